The summed E-state index contributed by atoms with van der Waals surface area (Å²) < 4.78 is 0. The van der Waals surface area contributed by atoms with Gasteiger partial charge in [-0.1, -0.05) is 32.0 Å². The molecule has 16 heavy (non-hydrogen) atoms. The third-order valence-corrected chi connectivity index (χ3v) is 2.84. The summed E-state index contributed by atoms with van der Waals surface area (Å²) in [4.78, 5) is 10.5. The molecule has 1 saturated carbocycles. The lowest BCUT2D eigenvalue weighted by Crippen LogP contribution is -2.25. The number of rotatable bonds is 3. The molecule has 1 aliphatic carbocycles. The molecule has 0 aromatic heterocycles. The highest BCUT2D eigenvalue weighted by molar-refractivity contribution is 5.47. The van der Waals surface area contributed by atoms with Gasteiger partial charge in [-0.05, 0) is 19.9 Å². The standard InChI is InChI=1S/C10H12N2O2.C2H6/c1-11-10(6-7-10)8-4-2-3-5-9(8)12(13)14;1-2/h2-5,11H,6-7H2,1H3;1-2H3. The van der Waals surface area contributed by atoms with Crippen molar-refractivity contribution in [1.29, 1.82) is 0 Å². The molecule has 0 spiro atoms. The van der Waals surface area contributed by atoms with E-state index in [1.807, 2.05) is 33.0 Å². The van der Waals surface area contributed by atoms with Crippen LogP contribution in [0.1, 0.15) is 32.3 Å². The first kappa shape index (κ1) is 12.6. The smallest absolute Gasteiger partial charge is 0.274 e. The largest absolute Gasteiger partial charge is 0.310 e. The third kappa shape index (κ3) is 2.22. The normalized spacial score (nSPS) is 15.9. The monoisotopic (exact) mass is 222 g/mol. The topological polar surface area (TPSA) is 55.2 Å². The number of nitro groups is 1. The second-order valence-electron chi connectivity index (χ2n) is 3.61. The van der Waals surface area contributed by atoms with Crippen LogP contribution in [0.5, 0.6) is 0 Å². The number of hydrogen-bond acceptors (Lipinski definition) is 3. The Balaban J connectivity index is 0.000000606. The highest BCUT2D eigenvalue weighted by atomic mass is 16.6. The Bertz CT molecular complexity index is 373. The van der Waals surface area contributed by atoms with Crippen molar-refractivity contribution in [3.8, 4) is 0 Å². The van der Waals surface area contributed by atoms with Crippen LogP contribution in [-0.2, 0) is 5.54 Å². The summed E-state index contributed by atoms with van der Waals surface area (Å²) in [6.45, 7) is 4.00. The molecular weight excluding hydrogens is 204 g/mol. The van der Waals surface area contributed by atoms with Crippen LogP contribution in [0.25, 0.3) is 0 Å². The second kappa shape index (κ2) is 5.07. The first-order valence-electron chi connectivity index (χ1n) is 5.62. The highest BCUT2D eigenvalue weighted by Crippen LogP contribution is 2.48. The fourth-order valence-corrected chi connectivity index (χ4v) is 1.82. The van der Waals surface area contributed by atoms with Gasteiger partial charge in [-0.25, -0.2) is 0 Å². The van der Waals surface area contributed by atoms with Crippen molar-refractivity contribution in [2.24, 2.45) is 0 Å². The van der Waals surface area contributed by atoms with E-state index in [0.29, 0.717) is 0 Å². The molecule has 1 N–H and O–H groups in total. The predicted octanol–water partition coefficient (Wildman–Crippen LogP) is 2.83. The van der Waals surface area contributed by atoms with Crippen molar-refractivity contribution in [1.82, 2.24) is 5.32 Å². The van der Waals surface area contributed by atoms with Gasteiger partial charge >= 0.3 is 0 Å². The maximum Gasteiger partial charge on any atom is 0.274 e. The van der Waals surface area contributed by atoms with Gasteiger partial charge in [0.15, 0.2) is 0 Å². The molecule has 0 unspecified atom stereocenters. The summed E-state index contributed by atoms with van der Waals surface area (Å²) >= 11 is 0. The molecule has 0 saturated heterocycles. The predicted molar refractivity (Wildman–Crippen MR) is 64.4 cm³/mol. The van der Waals surface area contributed by atoms with Crippen molar-refractivity contribution < 1.29 is 4.92 Å². The number of para-hydroxylation sites is 1. The summed E-state index contributed by atoms with van der Waals surface area (Å²) in [6, 6.07) is 6.95. The molecule has 0 radical (unpaired) electrons. The lowest BCUT2D eigenvalue weighted by atomic mass is 10.0. The van der Waals surface area contributed by atoms with Crippen molar-refractivity contribution in [3.63, 3.8) is 0 Å². The Morgan fingerprint density at radius 2 is 1.88 bits per heavy atom. The molecule has 0 bridgehead atoms. The van der Waals surface area contributed by atoms with Crippen molar-refractivity contribution in [2.45, 2.75) is 32.2 Å². The van der Waals surface area contributed by atoms with Crippen LogP contribution in [-0.4, -0.2) is 12.0 Å². The van der Waals surface area contributed by atoms with Crippen LogP contribution >= 0.6 is 0 Å². The van der Waals surface area contributed by atoms with Crippen LogP contribution in [0.2, 0.25) is 0 Å². The SMILES string of the molecule is CC.CNC1(c2ccccc2[N+](=O)[O-])CC1. The first-order chi connectivity index (χ1) is 7.69. The van der Waals surface area contributed by atoms with E-state index in [1.54, 1.807) is 12.1 Å². The van der Waals surface area contributed by atoms with E-state index in [-0.39, 0.29) is 16.1 Å². The molecule has 1 aliphatic rings. The number of nitrogens with zero attached hydrogens (tertiary/aromatic N) is 1. The zero-order valence-corrected chi connectivity index (χ0v) is 9.99. The minimum Gasteiger partial charge on any atom is -0.310 e. The number of hydrogen-bond donors (Lipinski definition) is 1. The van der Waals surface area contributed by atoms with E-state index in [9.17, 15) is 10.1 Å². The van der Waals surface area contributed by atoms with Gasteiger partial charge in [0.05, 0.1) is 10.5 Å². The van der Waals surface area contributed by atoms with Gasteiger partial charge in [-0.2, -0.15) is 0 Å². The lowest BCUT2D eigenvalue weighted by molar-refractivity contribution is -0.385. The Morgan fingerprint density at radius 3 is 2.31 bits per heavy atom. The van der Waals surface area contributed by atoms with Gasteiger partial charge < -0.3 is 5.32 Å². The van der Waals surface area contributed by atoms with Gasteiger partial charge in [0, 0.05) is 11.6 Å². The molecule has 4 nitrogen and oxygen atoms in total. The summed E-state index contributed by atoms with van der Waals surface area (Å²) in [6.07, 6.45) is 1.96. The molecule has 1 aromatic rings. The van der Waals surface area contributed by atoms with Gasteiger partial charge in [0.25, 0.3) is 5.69 Å². The molecule has 1 aromatic carbocycles. The molecule has 1 fully saturated rings. The average Bonchev–Trinajstić information content (AvgIpc) is 3.12. The van der Waals surface area contributed by atoms with Crippen LogP contribution in [0.15, 0.2) is 24.3 Å². The van der Waals surface area contributed by atoms with Crippen LogP contribution in [0.3, 0.4) is 0 Å². The Labute approximate surface area is 95.8 Å². The zero-order chi connectivity index (χ0) is 12.2. The van der Waals surface area contributed by atoms with E-state index in [0.717, 1.165) is 18.4 Å². The van der Waals surface area contributed by atoms with E-state index < -0.39 is 0 Å². The summed E-state index contributed by atoms with van der Waals surface area (Å²) in [5.41, 5.74) is 0.899. The summed E-state index contributed by atoms with van der Waals surface area (Å²) in [5.74, 6) is 0. The van der Waals surface area contributed by atoms with Gasteiger partial charge in [-0.15, -0.1) is 0 Å². The Hall–Kier alpha value is -1.42. The van der Waals surface area contributed by atoms with E-state index in [4.69, 9.17) is 0 Å². The maximum absolute atomic E-state index is 10.8. The summed E-state index contributed by atoms with van der Waals surface area (Å²) in [5, 5.41) is 13.9. The fourth-order valence-electron chi connectivity index (χ4n) is 1.82. The zero-order valence-electron chi connectivity index (χ0n) is 9.99. The van der Waals surface area contributed by atoms with Gasteiger partial charge in [0.2, 0.25) is 0 Å². The first-order valence-corrected chi connectivity index (χ1v) is 5.62. The minimum atomic E-state index is -0.313. The number of nitrogens with one attached hydrogen (secondary N) is 1. The molecule has 0 aliphatic heterocycles. The molecule has 0 amide bonds. The molecule has 0 atom stereocenters. The molecule has 2 rings (SSSR count). The quantitative estimate of drug-likeness (QED) is 0.632. The number of nitro benzene ring substituents is 1. The highest BCUT2D eigenvalue weighted by Gasteiger charge is 2.46. The van der Waals surface area contributed by atoms with Crippen molar-refractivity contribution in [2.75, 3.05) is 7.05 Å². The van der Waals surface area contributed by atoms with E-state index >= 15 is 0 Å². The van der Waals surface area contributed by atoms with Crippen LogP contribution < -0.4 is 5.32 Å². The van der Waals surface area contributed by atoms with Crippen molar-refractivity contribution in [3.05, 3.63) is 39.9 Å². The molecule has 88 valence electrons. The molecule has 4 heteroatoms. The Morgan fingerprint density at radius 1 is 1.31 bits per heavy atom. The Kier molecular flexibility index (Phi) is 4.01. The fraction of sp³-hybridized carbons (Fsp3) is 0.500. The lowest BCUT2D eigenvalue weighted by Gasteiger charge is -2.13. The summed E-state index contributed by atoms with van der Waals surface area (Å²) in [7, 11) is 1.85. The third-order valence-electron chi connectivity index (χ3n) is 2.84. The average molecular weight is 222 g/mol. The van der Waals surface area contributed by atoms with Crippen molar-refractivity contribution >= 4 is 5.69 Å². The van der Waals surface area contributed by atoms with Crippen LogP contribution in [0, 0.1) is 10.1 Å². The van der Waals surface area contributed by atoms with E-state index in [1.165, 1.54) is 0 Å². The van der Waals surface area contributed by atoms with Crippen LogP contribution in [0.4, 0.5) is 5.69 Å². The van der Waals surface area contributed by atoms with Gasteiger partial charge in [0.1, 0.15) is 0 Å². The molecule has 0 heterocycles. The second-order valence-corrected chi connectivity index (χ2v) is 3.61. The molecular formula is C12H18N2O2. The minimum absolute atomic E-state index is 0.135. The maximum atomic E-state index is 10.8. The van der Waals surface area contributed by atoms with E-state index in [2.05, 4.69) is 5.32 Å². The number of benzene rings is 1. The van der Waals surface area contributed by atoms with Gasteiger partial charge in [-0.3, -0.25) is 10.1 Å².